The van der Waals surface area contributed by atoms with E-state index >= 15 is 0 Å². The SMILES string of the molecule is O=C(/C=C/c1ccc(-c2ccc(Cl)cc2Cl)o1)NC(=S)Nc1cccc(-c2nc3ccccc3[nH]2)c1. The number of amides is 1. The van der Waals surface area contributed by atoms with Gasteiger partial charge in [0.25, 0.3) is 0 Å². The predicted molar refractivity (Wildman–Crippen MR) is 149 cm³/mol. The summed E-state index contributed by atoms with van der Waals surface area (Å²) in [5.41, 5.74) is 4.17. The molecule has 0 aliphatic carbocycles. The highest BCUT2D eigenvalue weighted by molar-refractivity contribution is 7.80. The highest BCUT2D eigenvalue weighted by Gasteiger charge is 2.10. The monoisotopic (exact) mass is 532 g/mol. The zero-order valence-corrected chi connectivity index (χ0v) is 20.9. The van der Waals surface area contributed by atoms with Crippen molar-refractivity contribution in [3.8, 4) is 22.7 Å². The number of imidazole rings is 1. The van der Waals surface area contributed by atoms with Crippen LogP contribution in [0.4, 0.5) is 5.69 Å². The van der Waals surface area contributed by atoms with Crippen LogP contribution in [0.5, 0.6) is 0 Å². The first-order valence-electron chi connectivity index (χ1n) is 10.8. The molecule has 0 bridgehead atoms. The molecule has 3 aromatic carbocycles. The predicted octanol–water partition coefficient (Wildman–Crippen LogP) is 7.32. The van der Waals surface area contributed by atoms with Crippen LogP contribution >= 0.6 is 35.4 Å². The Kier molecular flexibility index (Phi) is 6.86. The number of hydrogen-bond acceptors (Lipinski definition) is 4. The van der Waals surface area contributed by atoms with Gasteiger partial charge in [0.15, 0.2) is 5.11 Å². The van der Waals surface area contributed by atoms with E-state index in [4.69, 9.17) is 39.8 Å². The van der Waals surface area contributed by atoms with Gasteiger partial charge in [0, 0.05) is 27.9 Å². The molecule has 0 saturated carbocycles. The lowest BCUT2D eigenvalue weighted by Gasteiger charge is -2.09. The number of aromatic amines is 1. The first-order chi connectivity index (χ1) is 17.4. The standard InChI is InChI=1S/C27H18Cl2N4O2S/c28-17-8-11-20(21(29)15-17)24-12-9-19(35-24)10-13-25(34)33-27(36)30-18-5-3-4-16(14-18)26-31-22-6-1-2-7-23(22)32-26/h1-15H,(H,31,32)(H2,30,33,34,36)/b13-10+. The van der Waals surface area contributed by atoms with E-state index in [-0.39, 0.29) is 5.11 Å². The number of H-pyrrole nitrogens is 1. The molecule has 0 aliphatic heterocycles. The van der Waals surface area contributed by atoms with Gasteiger partial charge in [-0.3, -0.25) is 10.1 Å². The highest BCUT2D eigenvalue weighted by Crippen LogP contribution is 2.31. The van der Waals surface area contributed by atoms with E-state index in [0.29, 0.717) is 27.1 Å². The zero-order chi connectivity index (χ0) is 25.1. The number of hydrogen-bond donors (Lipinski definition) is 3. The van der Waals surface area contributed by atoms with Crippen LogP contribution in [0.1, 0.15) is 5.76 Å². The smallest absolute Gasteiger partial charge is 0.250 e. The Hall–Kier alpha value is -3.91. The summed E-state index contributed by atoms with van der Waals surface area (Å²) in [4.78, 5) is 20.3. The normalized spacial score (nSPS) is 11.2. The molecule has 1 amide bonds. The number of fused-ring (bicyclic) bond motifs is 1. The Morgan fingerprint density at radius 1 is 1.00 bits per heavy atom. The van der Waals surface area contributed by atoms with Crippen molar-refractivity contribution in [2.75, 3.05) is 5.32 Å². The number of furan rings is 1. The molecule has 0 radical (unpaired) electrons. The average molecular weight is 533 g/mol. The van der Waals surface area contributed by atoms with E-state index in [9.17, 15) is 4.79 Å². The molecule has 5 rings (SSSR count). The zero-order valence-electron chi connectivity index (χ0n) is 18.6. The molecule has 0 spiro atoms. The van der Waals surface area contributed by atoms with Gasteiger partial charge >= 0.3 is 0 Å². The highest BCUT2D eigenvalue weighted by atomic mass is 35.5. The van der Waals surface area contributed by atoms with Gasteiger partial charge in [0.1, 0.15) is 17.3 Å². The van der Waals surface area contributed by atoms with Gasteiger partial charge in [0.2, 0.25) is 5.91 Å². The van der Waals surface area contributed by atoms with Crippen LogP contribution in [0, 0.1) is 0 Å². The summed E-state index contributed by atoms with van der Waals surface area (Å²) in [5.74, 6) is 1.40. The molecule has 0 saturated heterocycles. The quantitative estimate of drug-likeness (QED) is 0.163. The largest absolute Gasteiger partial charge is 0.457 e. The molecule has 2 aromatic heterocycles. The van der Waals surface area contributed by atoms with Crippen molar-refractivity contribution < 1.29 is 9.21 Å². The van der Waals surface area contributed by atoms with Gasteiger partial charge in [-0.15, -0.1) is 0 Å². The van der Waals surface area contributed by atoms with Crippen molar-refractivity contribution in [3.05, 3.63) is 101 Å². The summed E-state index contributed by atoms with van der Waals surface area (Å²) in [6, 6.07) is 24.1. The van der Waals surface area contributed by atoms with Crippen LogP contribution in [0.15, 0.2) is 89.4 Å². The van der Waals surface area contributed by atoms with Crippen molar-refractivity contribution in [1.29, 1.82) is 0 Å². The van der Waals surface area contributed by atoms with Crippen molar-refractivity contribution in [1.82, 2.24) is 15.3 Å². The minimum atomic E-state index is -0.400. The van der Waals surface area contributed by atoms with E-state index in [1.807, 2.05) is 48.5 Å². The number of nitrogens with zero attached hydrogens (tertiary/aromatic N) is 1. The van der Waals surface area contributed by atoms with Crippen LogP contribution in [0.3, 0.4) is 0 Å². The third-order valence-electron chi connectivity index (χ3n) is 5.24. The number of benzene rings is 3. The summed E-state index contributed by atoms with van der Waals surface area (Å²) in [6.07, 6.45) is 2.89. The number of aromatic nitrogens is 2. The topological polar surface area (TPSA) is 82.9 Å². The van der Waals surface area contributed by atoms with Crippen LogP contribution < -0.4 is 10.6 Å². The lowest BCUT2D eigenvalue weighted by molar-refractivity contribution is -0.115. The number of thiocarbonyl (C=S) groups is 1. The van der Waals surface area contributed by atoms with Gasteiger partial charge in [-0.25, -0.2) is 4.98 Å². The van der Waals surface area contributed by atoms with Gasteiger partial charge in [0.05, 0.1) is 16.1 Å². The van der Waals surface area contributed by atoms with Gasteiger partial charge in [-0.2, -0.15) is 0 Å². The molecule has 0 aliphatic rings. The van der Waals surface area contributed by atoms with E-state index < -0.39 is 5.91 Å². The Bertz CT molecular complexity index is 1590. The van der Waals surface area contributed by atoms with E-state index in [2.05, 4.69) is 20.6 Å². The molecule has 0 atom stereocenters. The third kappa shape index (κ3) is 5.49. The maximum Gasteiger partial charge on any atom is 0.250 e. The second kappa shape index (κ2) is 10.4. The molecule has 9 heteroatoms. The molecule has 3 N–H and O–H groups in total. The second-order valence-electron chi connectivity index (χ2n) is 7.79. The van der Waals surface area contributed by atoms with E-state index in [1.54, 1.807) is 36.4 Å². The van der Waals surface area contributed by atoms with Crippen LogP contribution in [0.25, 0.3) is 39.8 Å². The summed E-state index contributed by atoms with van der Waals surface area (Å²) in [6.45, 7) is 0. The Balaban J connectivity index is 1.20. The van der Waals surface area contributed by atoms with Crippen molar-refractivity contribution in [2.45, 2.75) is 0 Å². The van der Waals surface area contributed by atoms with Gasteiger partial charge in [-0.05, 0) is 72.9 Å². The molecular weight excluding hydrogens is 515 g/mol. The molecule has 0 fully saturated rings. The van der Waals surface area contributed by atoms with Crippen molar-refractivity contribution >= 4 is 69.2 Å². The molecule has 36 heavy (non-hydrogen) atoms. The minimum Gasteiger partial charge on any atom is -0.457 e. The molecule has 178 valence electrons. The Morgan fingerprint density at radius 3 is 2.69 bits per heavy atom. The number of anilines is 1. The van der Waals surface area contributed by atoms with Gasteiger partial charge < -0.3 is 14.7 Å². The summed E-state index contributed by atoms with van der Waals surface area (Å²) in [5, 5.41) is 6.84. The average Bonchev–Trinajstić information content (AvgIpc) is 3.50. The molecule has 6 nitrogen and oxygen atoms in total. The molecule has 2 heterocycles. The van der Waals surface area contributed by atoms with Crippen LogP contribution in [-0.2, 0) is 4.79 Å². The minimum absolute atomic E-state index is 0.166. The molecule has 5 aromatic rings. The third-order valence-corrected chi connectivity index (χ3v) is 5.99. The number of carbonyl (C=O) groups is 1. The fourth-order valence-corrected chi connectivity index (χ4v) is 4.30. The summed E-state index contributed by atoms with van der Waals surface area (Å²) >= 11 is 17.5. The number of para-hydroxylation sites is 2. The summed E-state index contributed by atoms with van der Waals surface area (Å²) < 4.78 is 5.77. The van der Waals surface area contributed by atoms with E-state index in [1.165, 1.54) is 6.08 Å². The first-order valence-corrected chi connectivity index (χ1v) is 12.0. The van der Waals surface area contributed by atoms with Crippen LogP contribution in [-0.4, -0.2) is 21.0 Å². The fourth-order valence-electron chi connectivity index (χ4n) is 3.58. The lowest BCUT2D eigenvalue weighted by atomic mass is 10.2. The molecular formula is C27H18Cl2N4O2S. The number of halogens is 2. The van der Waals surface area contributed by atoms with Crippen molar-refractivity contribution in [2.24, 2.45) is 0 Å². The molecule has 0 unspecified atom stereocenters. The maximum absolute atomic E-state index is 12.4. The lowest BCUT2D eigenvalue weighted by Crippen LogP contribution is -2.32. The Morgan fingerprint density at radius 2 is 1.86 bits per heavy atom. The maximum atomic E-state index is 12.4. The van der Waals surface area contributed by atoms with E-state index in [0.717, 1.165) is 28.1 Å². The van der Waals surface area contributed by atoms with Gasteiger partial charge in [-0.1, -0.05) is 47.5 Å². The number of rotatable bonds is 5. The number of carbonyl (C=O) groups excluding carboxylic acids is 1. The van der Waals surface area contributed by atoms with Crippen molar-refractivity contribution in [3.63, 3.8) is 0 Å². The van der Waals surface area contributed by atoms with Crippen LogP contribution in [0.2, 0.25) is 10.0 Å². The number of nitrogens with one attached hydrogen (secondary N) is 3. The fraction of sp³-hybridized carbons (Fsp3) is 0. The summed E-state index contributed by atoms with van der Waals surface area (Å²) in [7, 11) is 0. The second-order valence-corrected chi connectivity index (χ2v) is 9.04. The Labute approximate surface area is 222 Å². The first kappa shape index (κ1) is 23.8.